The number of thiophene rings is 1. The molecule has 1 aromatic heterocycles. The predicted octanol–water partition coefficient (Wildman–Crippen LogP) is 2.70. The number of carbonyl (C=O) groups excluding carboxylic acids is 1. The number of nitrogens with zero attached hydrogens (tertiary/aromatic N) is 1. The first kappa shape index (κ1) is 9.09. The fraction of sp³-hybridized carbons (Fsp3) is 0.455. The Bertz CT molecular complexity index is 489. The van der Waals surface area contributed by atoms with Crippen molar-refractivity contribution >= 4 is 23.1 Å². The number of rotatable bonds is 0. The molecule has 0 N–H and O–H groups in total. The van der Waals surface area contributed by atoms with Gasteiger partial charge in [0.1, 0.15) is 0 Å². The first-order valence-electron chi connectivity index (χ1n) is 5.00. The number of aliphatic imine (C=N–C) groups is 1. The van der Waals surface area contributed by atoms with E-state index in [0.29, 0.717) is 0 Å². The van der Waals surface area contributed by atoms with E-state index < -0.39 is 11.7 Å². The van der Waals surface area contributed by atoms with Gasteiger partial charge in [-0.05, 0) is 32.8 Å². The van der Waals surface area contributed by atoms with Gasteiger partial charge in [-0.15, -0.1) is 11.3 Å². The van der Waals surface area contributed by atoms with E-state index in [1.54, 1.807) is 11.3 Å². The van der Waals surface area contributed by atoms with Crippen LogP contribution in [0.25, 0.3) is 0 Å². The third kappa shape index (κ3) is 1.17. The summed E-state index contributed by atoms with van der Waals surface area (Å²) in [5, 5.41) is 0. The first-order chi connectivity index (χ1) is 7.08. The topological polar surface area (TPSA) is 38.7 Å². The molecule has 3 rings (SSSR count). The lowest BCUT2D eigenvalue weighted by atomic mass is 9.84. The quantitative estimate of drug-likeness (QED) is 0.675. The molecular formula is C11H11NO2S. The lowest BCUT2D eigenvalue weighted by Gasteiger charge is -2.28. The third-order valence-electron chi connectivity index (χ3n) is 3.03. The van der Waals surface area contributed by atoms with Gasteiger partial charge >= 0.3 is 6.09 Å². The Morgan fingerprint density at radius 2 is 2.40 bits per heavy atom. The summed E-state index contributed by atoms with van der Waals surface area (Å²) in [7, 11) is 0. The largest absolute Gasteiger partial charge is 0.435 e. The first-order valence-corrected chi connectivity index (χ1v) is 5.82. The van der Waals surface area contributed by atoms with Gasteiger partial charge in [-0.2, -0.15) is 4.99 Å². The maximum atomic E-state index is 11.2. The number of aryl methyl sites for hydroxylation is 2. The number of ether oxygens (including phenoxy) is 1. The molecule has 0 fully saturated rings. The monoisotopic (exact) mass is 221 g/mol. The third-order valence-corrected chi connectivity index (χ3v) is 4.14. The van der Waals surface area contributed by atoms with Gasteiger partial charge in [-0.1, -0.05) is 0 Å². The highest BCUT2D eigenvalue weighted by Crippen LogP contribution is 2.39. The fourth-order valence-electron chi connectivity index (χ4n) is 2.29. The van der Waals surface area contributed by atoms with Crippen LogP contribution in [0.15, 0.2) is 11.1 Å². The lowest BCUT2D eigenvalue weighted by molar-refractivity contribution is 0.0875. The molecule has 0 radical (unpaired) electrons. The van der Waals surface area contributed by atoms with E-state index in [-0.39, 0.29) is 0 Å². The van der Waals surface area contributed by atoms with Crippen LogP contribution in [0.1, 0.15) is 28.7 Å². The van der Waals surface area contributed by atoms with Gasteiger partial charge in [-0.3, -0.25) is 0 Å². The second-order valence-corrected chi connectivity index (χ2v) is 5.59. The van der Waals surface area contributed by atoms with Crippen LogP contribution < -0.4 is 0 Å². The van der Waals surface area contributed by atoms with Gasteiger partial charge in [0.15, 0.2) is 5.60 Å². The summed E-state index contributed by atoms with van der Waals surface area (Å²) in [6.07, 6.45) is 1.39. The number of carbonyl (C=O) groups is 1. The molecule has 2 heterocycles. The van der Waals surface area contributed by atoms with Gasteiger partial charge in [0, 0.05) is 15.3 Å². The van der Waals surface area contributed by atoms with Gasteiger partial charge in [-0.25, -0.2) is 4.79 Å². The van der Waals surface area contributed by atoms with Gasteiger partial charge in [0.2, 0.25) is 0 Å². The minimum Gasteiger partial charge on any atom is -0.435 e. The molecule has 1 aliphatic carbocycles. The molecule has 4 heteroatoms. The molecule has 0 aromatic carbocycles. The van der Waals surface area contributed by atoms with Crippen molar-refractivity contribution in [1.82, 2.24) is 0 Å². The zero-order valence-electron chi connectivity index (χ0n) is 8.66. The van der Waals surface area contributed by atoms with Crippen molar-refractivity contribution in [2.45, 2.75) is 32.3 Å². The summed E-state index contributed by atoms with van der Waals surface area (Å²) >= 11 is 1.79. The molecule has 2 aliphatic rings. The molecule has 3 nitrogen and oxygen atoms in total. The van der Waals surface area contributed by atoms with Crippen LogP contribution in [0.4, 0.5) is 4.79 Å². The van der Waals surface area contributed by atoms with Crippen molar-refractivity contribution in [3.05, 3.63) is 21.4 Å². The molecule has 1 aliphatic heterocycles. The molecule has 1 unspecified atom stereocenters. The van der Waals surface area contributed by atoms with Gasteiger partial charge in [0.05, 0.1) is 5.71 Å². The Labute approximate surface area is 91.8 Å². The van der Waals surface area contributed by atoms with Crippen molar-refractivity contribution in [2.75, 3.05) is 0 Å². The summed E-state index contributed by atoms with van der Waals surface area (Å²) in [6.45, 7) is 4.03. The van der Waals surface area contributed by atoms with Crippen molar-refractivity contribution < 1.29 is 9.53 Å². The molecular weight excluding hydrogens is 210 g/mol. The van der Waals surface area contributed by atoms with E-state index in [9.17, 15) is 4.79 Å². The molecule has 1 atom stereocenters. The smallest absolute Gasteiger partial charge is 0.434 e. The normalized spacial score (nSPS) is 28.1. The number of hydrogen-bond donors (Lipinski definition) is 0. The van der Waals surface area contributed by atoms with E-state index >= 15 is 0 Å². The highest BCUT2D eigenvalue weighted by Gasteiger charge is 2.45. The Hall–Kier alpha value is -1.16. The standard InChI is InChI=1S/C11H11NO2S/c1-6-5-7-8(15-6)3-4-11(2)9(7)12-10(13)14-11/h5H,3-4H2,1-2H3. The van der Waals surface area contributed by atoms with Gasteiger partial charge in [0.25, 0.3) is 0 Å². The van der Waals surface area contributed by atoms with Crippen LogP contribution in [0.5, 0.6) is 0 Å². The SMILES string of the molecule is Cc1cc2c(s1)CCC1(C)OC(=O)N=C21. The summed E-state index contributed by atoms with van der Waals surface area (Å²) in [4.78, 5) is 17.8. The number of hydrogen-bond acceptors (Lipinski definition) is 3. The number of amides is 1. The Balaban J connectivity index is 2.20. The minimum atomic E-state index is -0.475. The van der Waals surface area contributed by atoms with Crippen molar-refractivity contribution in [1.29, 1.82) is 0 Å². The summed E-state index contributed by atoms with van der Waals surface area (Å²) in [6, 6.07) is 2.11. The maximum Gasteiger partial charge on any atom is 0.434 e. The zero-order valence-corrected chi connectivity index (χ0v) is 9.48. The summed E-state index contributed by atoms with van der Waals surface area (Å²) in [5.74, 6) is 0. The van der Waals surface area contributed by atoms with Crippen LogP contribution in [-0.2, 0) is 11.2 Å². The zero-order chi connectivity index (χ0) is 10.6. The average Bonchev–Trinajstić information content (AvgIpc) is 2.64. The second kappa shape index (κ2) is 2.70. The highest BCUT2D eigenvalue weighted by molar-refractivity contribution is 7.12. The van der Waals surface area contributed by atoms with E-state index in [4.69, 9.17) is 4.74 Å². The van der Waals surface area contributed by atoms with E-state index in [1.807, 2.05) is 6.92 Å². The second-order valence-electron chi connectivity index (χ2n) is 4.25. The van der Waals surface area contributed by atoms with Gasteiger partial charge < -0.3 is 4.74 Å². The predicted molar refractivity (Wildman–Crippen MR) is 58.8 cm³/mol. The van der Waals surface area contributed by atoms with Crippen LogP contribution in [-0.4, -0.2) is 17.4 Å². The van der Waals surface area contributed by atoms with Crippen LogP contribution in [0.3, 0.4) is 0 Å². The van der Waals surface area contributed by atoms with E-state index in [2.05, 4.69) is 18.0 Å². The van der Waals surface area contributed by atoms with Crippen LogP contribution in [0.2, 0.25) is 0 Å². The fourth-order valence-corrected chi connectivity index (χ4v) is 3.32. The maximum absolute atomic E-state index is 11.2. The van der Waals surface area contributed by atoms with Crippen LogP contribution >= 0.6 is 11.3 Å². The Morgan fingerprint density at radius 3 is 3.20 bits per heavy atom. The van der Waals surface area contributed by atoms with Crippen molar-refractivity contribution in [3.8, 4) is 0 Å². The molecule has 1 aromatic rings. The molecule has 0 spiro atoms. The highest BCUT2D eigenvalue weighted by atomic mass is 32.1. The number of fused-ring (bicyclic) bond motifs is 3. The molecule has 0 saturated heterocycles. The van der Waals surface area contributed by atoms with E-state index in [1.165, 1.54) is 9.75 Å². The van der Waals surface area contributed by atoms with Crippen molar-refractivity contribution in [2.24, 2.45) is 4.99 Å². The molecule has 1 amide bonds. The molecule has 15 heavy (non-hydrogen) atoms. The van der Waals surface area contributed by atoms with Crippen LogP contribution in [0, 0.1) is 6.92 Å². The minimum absolute atomic E-state index is 0.441. The summed E-state index contributed by atoms with van der Waals surface area (Å²) < 4.78 is 5.28. The Kier molecular flexibility index (Phi) is 1.63. The Morgan fingerprint density at radius 1 is 1.60 bits per heavy atom. The molecule has 78 valence electrons. The van der Waals surface area contributed by atoms with E-state index in [0.717, 1.165) is 24.1 Å². The summed E-state index contributed by atoms with van der Waals surface area (Å²) in [5.41, 5.74) is 1.48. The molecule has 0 saturated carbocycles. The average molecular weight is 221 g/mol. The lowest BCUT2D eigenvalue weighted by Crippen LogP contribution is -2.38. The van der Waals surface area contributed by atoms with Crippen molar-refractivity contribution in [3.63, 3.8) is 0 Å². The molecule has 0 bridgehead atoms.